The van der Waals surface area contributed by atoms with Gasteiger partial charge in [0.15, 0.2) is 11.5 Å². The van der Waals surface area contributed by atoms with Gasteiger partial charge in [-0.2, -0.15) is 0 Å². The number of rotatable bonds is 10. The minimum atomic E-state index is -0.342. The molecule has 0 saturated heterocycles. The molecule has 7 heteroatoms. The molecule has 1 aromatic heterocycles. The van der Waals surface area contributed by atoms with E-state index >= 15 is 0 Å². The lowest BCUT2D eigenvalue weighted by molar-refractivity contribution is -0.120. The molecule has 0 spiro atoms. The Morgan fingerprint density at radius 2 is 1.73 bits per heavy atom. The summed E-state index contributed by atoms with van der Waals surface area (Å²) in [6.45, 7) is 5.11. The first kappa shape index (κ1) is 21.2. The van der Waals surface area contributed by atoms with Crippen LogP contribution in [0.3, 0.4) is 0 Å². The topological polar surface area (TPSA) is 92.5 Å². The molecule has 0 saturated carbocycles. The van der Waals surface area contributed by atoms with Crippen molar-refractivity contribution in [3.8, 4) is 11.5 Å². The van der Waals surface area contributed by atoms with Crippen LogP contribution in [-0.4, -0.2) is 43.1 Å². The Bertz CT molecular complexity index is 1010. The number of hydrogen-bond donors (Lipinski definition) is 3. The molecule has 2 aromatic carbocycles. The lowest BCUT2D eigenvalue weighted by atomic mass is 10.1. The number of nitrogens with one attached hydrogen (secondary N) is 3. The van der Waals surface area contributed by atoms with E-state index in [1.165, 1.54) is 0 Å². The summed E-state index contributed by atoms with van der Waals surface area (Å²) < 4.78 is 11.0. The highest BCUT2D eigenvalue weighted by molar-refractivity contribution is 5.97. The minimum absolute atomic E-state index is 0.0934. The molecule has 3 N–H and O–H groups in total. The summed E-state index contributed by atoms with van der Waals surface area (Å²) >= 11 is 0. The van der Waals surface area contributed by atoms with Gasteiger partial charge in [-0.15, -0.1) is 0 Å². The predicted octanol–water partition coefficient (Wildman–Crippen LogP) is 3.05. The van der Waals surface area contributed by atoms with E-state index in [0.717, 1.165) is 16.5 Å². The molecule has 0 aliphatic rings. The summed E-state index contributed by atoms with van der Waals surface area (Å²) in [5.74, 6) is 0.519. The summed E-state index contributed by atoms with van der Waals surface area (Å²) in [6, 6.07) is 13.0. The third kappa shape index (κ3) is 5.31. The van der Waals surface area contributed by atoms with E-state index in [-0.39, 0.29) is 18.4 Å². The Labute approximate surface area is 175 Å². The number of aromatic amines is 1. The largest absolute Gasteiger partial charge is 0.490 e. The molecule has 30 heavy (non-hydrogen) atoms. The Kier molecular flexibility index (Phi) is 7.32. The number of carbonyl (C=O) groups is 2. The van der Waals surface area contributed by atoms with E-state index in [4.69, 9.17) is 9.47 Å². The molecule has 0 atom stereocenters. The zero-order valence-electron chi connectivity index (χ0n) is 17.3. The van der Waals surface area contributed by atoms with Crippen molar-refractivity contribution in [2.75, 3.05) is 26.3 Å². The fourth-order valence-corrected chi connectivity index (χ4v) is 3.19. The van der Waals surface area contributed by atoms with Crippen LogP contribution in [0.25, 0.3) is 10.9 Å². The molecular formula is C23H27N3O4. The van der Waals surface area contributed by atoms with Crippen LogP contribution in [0.15, 0.2) is 48.7 Å². The molecule has 158 valence electrons. The average molecular weight is 409 g/mol. The maximum atomic E-state index is 12.4. The smallest absolute Gasteiger partial charge is 0.251 e. The highest BCUT2D eigenvalue weighted by atomic mass is 16.5. The molecule has 3 aromatic rings. The maximum absolute atomic E-state index is 12.4. The van der Waals surface area contributed by atoms with Gasteiger partial charge in [0.1, 0.15) is 0 Å². The van der Waals surface area contributed by atoms with E-state index in [2.05, 4.69) is 21.7 Å². The Morgan fingerprint density at radius 1 is 0.967 bits per heavy atom. The van der Waals surface area contributed by atoms with E-state index in [1.807, 2.05) is 38.2 Å². The standard InChI is InChI=1S/C23H27N3O4/c1-3-29-20-10-9-16(13-21(20)30-4-2)23(28)26-15-22(27)24-12-11-17-14-25-19-8-6-5-7-18(17)19/h5-10,13-14,25H,3-4,11-12,15H2,1-2H3,(H,24,27)(H,26,28). The average Bonchev–Trinajstić information content (AvgIpc) is 3.17. The summed E-state index contributed by atoms with van der Waals surface area (Å²) in [5.41, 5.74) is 2.63. The number of benzene rings is 2. The first-order valence-electron chi connectivity index (χ1n) is 10.1. The van der Waals surface area contributed by atoms with Gasteiger partial charge in [0, 0.05) is 29.2 Å². The Hall–Kier alpha value is -3.48. The first-order chi connectivity index (χ1) is 14.6. The fourth-order valence-electron chi connectivity index (χ4n) is 3.19. The van der Waals surface area contributed by atoms with Gasteiger partial charge in [0.05, 0.1) is 19.8 Å². The van der Waals surface area contributed by atoms with Gasteiger partial charge in [-0.3, -0.25) is 9.59 Å². The molecule has 0 aliphatic heterocycles. The summed E-state index contributed by atoms with van der Waals surface area (Å²) in [7, 11) is 0. The van der Waals surface area contributed by atoms with Crippen LogP contribution < -0.4 is 20.1 Å². The van der Waals surface area contributed by atoms with Crippen LogP contribution in [0.5, 0.6) is 11.5 Å². The quantitative estimate of drug-likeness (QED) is 0.480. The van der Waals surface area contributed by atoms with Crippen molar-refractivity contribution >= 4 is 22.7 Å². The third-order valence-corrected chi connectivity index (χ3v) is 4.61. The van der Waals surface area contributed by atoms with Crippen molar-refractivity contribution in [1.29, 1.82) is 0 Å². The first-order valence-corrected chi connectivity index (χ1v) is 10.1. The van der Waals surface area contributed by atoms with Gasteiger partial charge >= 0.3 is 0 Å². The van der Waals surface area contributed by atoms with Crippen molar-refractivity contribution in [3.05, 3.63) is 59.8 Å². The number of hydrogen-bond acceptors (Lipinski definition) is 4. The lowest BCUT2D eigenvalue weighted by Gasteiger charge is -2.12. The van der Waals surface area contributed by atoms with Crippen LogP contribution in [-0.2, 0) is 11.2 Å². The van der Waals surface area contributed by atoms with Crippen LogP contribution in [0.2, 0.25) is 0 Å². The van der Waals surface area contributed by atoms with Crippen LogP contribution in [0, 0.1) is 0 Å². The van der Waals surface area contributed by atoms with Gasteiger partial charge in [0.25, 0.3) is 5.91 Å². The molecule has 0 unspecified atom stereocenters. The SMILES string of the molecule is CCOc1ccc(C(=O)NCC(=O)NCCc2c[nH]c3ccccc23)cc1OCC. The Balaban J connectivity index is 1.48. The van der Waals surface area contributed by atoms with Crippen molar-refractivity contribution in [2.45, 2.75) is 20.3 Å². The van der Waals surface area contributed by atoms with E-state index in [1.54, 1.807) is 18.2 Å². The van der Waals surface area contributed by atoms with Gasteiger partial charge in [-0.25, -0.2) is 0 Å². The fraction of sp³-hybridized carbons (Fsp3) is 0.304. The molecule has 0 fully saturated rings. The number of ether oxygens (including phenoxy) is 2. The van der Waals surface area contributed by atoms with Crippen LogP contribution >= 0.6 is 0 Å². The number of aromatic nitrogens is 1. The summed E-state index contributed by atoms with van der Waals surface area (Å²) in [5, 5.41) is 6.63. The Morgan fingerprint density at radius 3 is 2.53 bits per heavy atom. The number of amides is 2. The molecule has 3 rings (SSSR count). The van der Waals surface area contributed by atoms with E-state index < -0.39 is 0 Å². The molecular weight excluding hydrogens is 382 g/mol. The van der Waals surface area contributed by atoms with Crippen molar-refractivity contribution in [3.63, 3.8) is 0 Å². The zero-order valence-corrected chi connectivity index (χ0v) is 17.3. The molecule has 0 bridgehead atoms. The molecule has 2 amide bonds. The second-order valence-electron chi connectivity index (χ2n) is 6.67. The van der Waals surface area contributed by atoms with Crippen molar-refractivity contribution in [2.24, 2.45) is 0 Å². The van der Waals surface area contributed by atoms with Crippen molar-refractivity contribution in [1.82, 2.24) is 15.6 Å². The second-order valence-corrected chi connectivity index (χ2v) is 6.67. The number of para-hydroxylation sites is 1. The predicted molar refractivity (Wildman–Crippen MR) is 116 cm³/mol. The number of carbonyl (C=O) groups excluding carboxylic acids is 2. The summed E-state index contributed by atoms with van der Waals surface area (Å²) in [4.78, 5) is 27.7. The van der Waals surface area contributed by atoms with Gasteiger partial charge < -0.3 is 25.1 Å². The molecule has 0 aliphatic carbocycles. The van der Waals surface area contributed by atoms with Gasteiger partial charge in [-0.1, -0.05) is 18.2 Å². The zero-order chi connectivity index (χ0) is 21.3. The van der Waals surface area contributed by atoms with Crippen LogP contribution in [0.4, 0.5) is 0 Å². The van der Waals surface area contributed by atoms with Crippen molar-refractivity contribution < 1.29 is 19.1 Å². The number of H-pyrrole nitrogens is 1. The monoisotopic (exact) mass is 409 g/mol. The normalized spacial score (nSPS) is 10.6. The van der Waals surface area contributed by atoms with Gasteiger partial charge in [0.2, 0.25) is 5.91 Å². The van der Waals surface area contributed by atoms with E-state index in [0.29, 0.717) is 43.2 Å². The highest BCUT2D eigenvalue weighted by Gasteiger charge is 2.13. The lowest BCUT2D eigenvalue weighted by Crippen LogP contribution is -2.37. The molecule has 7 nitrogen and oxygen atoms in total. The van der Waals surface area contributed by atoms with Crippen LogP contribution in [0.1, 0.15) is 29.8 Å². The van der Waals surface area contributed by atoms with Gasteiger partial charge in [-0.05, 0) is 50.1 Å². The molecule has 0 radical (unpaired) electrons. The molecule has 1 heterocycles. The summed E-state index contributed by atoms with van der Waals surface area (Å²) in [6.07, 6.45) is 2.67. The minimum Gasteiger partial charge on any atom is -0.490 e. The number of fused-ring (bicyclic) bond motifs is 1. The maximum Gasteiger partial charge on any atom is 0.251 e. The van der Waals surface area contributed by atoms with E-state index in [9.17, 15) is 9.59 Å². The third-order valence-electron chi connectivity index (χ3n) is 4.61. The highest BCUT2D eigenvalue weighted by Crippen LogP contribution is 2.28. The second kappa shape index (κ2) is 10.3.